The summed E-state index contributed by atoms with van der Waals surface area (Å²) in [5.74, 6) is 0. The lowest BCUT2D eigenvalue weighted by Crippen LogP contribution is -2.29. The number of rotatable bonds is 6. The number of aldehydes is 1. The monoisotopic (exact) mass is 264 g/mol. The Morgan fingerprint density at radius 2 is 1.89 bits per heavy atom. The minimum Gasteiger partial charge on any atom is -0.377 e. The Balaban J connectivity index is 2.62. The van der Waals surface area contributed by atoms with Crippen LogP contribution in [-0.4, -0.2) is 21.3 Å². The summed E-state index contributed by atoms with van der Waals surface area (Å²) < 4.78 is 5.99. The summed E-state index contributed by atoms with van der Waals surface area (Å²) >= 11 is 0. The van der Waals surface area contributed by atoms with Gasteiger partial charge in [0.15, 0.2) is 0 Å². The fourth-order valence-electron chi connectivity index (χ4n) is 1.57. The van der Waals surface area contributed by atoms with Crippen molar-refractivity contribution >= 4 is 15.1 Å². The molecular formula is C15H24O2Si. The second-order valence-corrected chi connectivity index (χ2v) is 9.77. The van der Waals surface area contributed by atoms with Gasteiger partial charge in [-0.15, -0.1) is 0 Å². The van der Waals surface area contributed by atoms with Crippen molar-refractivity contribution in [3.8, 4) is 0 Å². The molecule has 0 aliphatic carbocycles. The van der Waals surface area contributed by atoms with Crippen molar-refractivity contribution in [3.63, 3.8) is 0 Å². The first-order chi connectivity index (χ1) is 8.45. The van der Waals surface area contributed by atoms with Crippen LogP contribution >= 0.6 is 0 Å². The zero-order valence-electron chi connectivity index (χ0n) is 11.8. The highest BCUT2D eigenvalue weighted by Gasteiger charge is 2.23. The summed E-state index contributed by atoms with van der Waals surface area (Å²) in [5.41, 5.74) is 1.10. The smallest absolute Gasteiger partial charge is 0.122 e. The molecule has 0 aliphatic heterocycles. The van der Waals surface area contributed by atoms with E-state index in [9.17, 15) is 4.79 Å². The lowest BCUT2D eigenvalue weighted by molar-refractivity contribution is -0.110. The van der Waals surface area contributed by atoms with Gasteiger partial charge in [-0.05, 0) is 10.6 Å². The summed E-state index contributed by atoms with van der Waals surface area (Å²) in [6, 6.07) is 10.0. The van der Waals surface area contributed by atoms with E-state index in [2.05, 4.69) is 27.3 Å². The van der Waals surface area contributed by atoms with Gasteiger partial charge in [-0.2, -0.15) is 0 Å². The van der Waals surface area contributed by atoms with Crippen molar-refractivity contribution in [1.29, 1.82) is 0 Å². The molecule has 0 aromatic heterocycles. The third-order valence-electron chi connectivity index (χ3n) is 3.51. The van der Waals surface area contributed by atoms with E-state index in [4.69, 9.17) is 4.74 Å². The number of benzene rings is 1. The van der Waals surface area contributed by atoms with Crippen LogP contribution in [0, 0.1) is 0 Å². The standard InChI is InChI=1S/C15H24O2Si/c1-15(2,3)18(4)12-17-14(10-11-16)13-8-6-5-7-9-13/h5-9,11,14,18H,10,12H2,1-4H3. The first-order valence-corrected chi connectivity index (χ1v) is 9.10. The predicted octanol–water partition coefficient (Wildman–Crippen LogP) is 3.53. The molecule has 1 aromatic rings. The van der Waals surface area contributed by atoms with Gasteiger partial charge in [0.1, 0.15) is 6.29 Å². The van der Waals surface area contributed by atoms with E-state index in [1.54, 1.807) is 0 Å². The van der Waals surface area contributed by atoms with Gasteiger partial charge in [0.2, 0.25) is 0 Å². The van der Waals surface area contributed by atoms with Gasteiger partial charge < -0.3 is 9.53 Å². The highest BCUT2D eigenvalue weighted by Crippen LogP contribution is 2.28. The molecule has 1 rings (SSSR count). The first kappa shape index (κ1) is 15.1. The summed E-state index contributed by atoms with van der Waals surface area (Å²) in [5, 5.41) is 0.364. The van der Waals surface area contributed by atoms with Crippen molar-refractivity contribution in [2.24, 2.45) is 0 Å². The van der Waals surface area contributed by atoms with E-state index < -0.39 is 8.80 Å². The second-order valence-electron chi connectivity index (χ2n) is 5.90. The number of carbonyl (C=O) groups excluding carboxylic acids is 1. The molecule has 2 atom stereocenters. The normalized spacial score (nSPS) is 15.1. The molecule has 2 nitrogen and oxygen atoms in total. The molecule has 0 amide bonds. The molecule has 0 heterocycles. The van der Waals surface area contributed by atoms with Crippen LogP contribution in [0.3, 0.4) is 0 Å². The minimum atomic E-state index is -0.933. The van der Waals surface area contributed by atoms with E-state index in [0.29, 0.717) is 11.5 Å². The second kappa shape index (κ2) is 6.85. The summed E-state index contributed by atoms with van der Waals surface area (Å²) in [4.78, 5) is 10.8. The van der Waals surface area contributed by atoms with Crippen LogP contribution in [0.4, 0.5) is 0 Å². The SMILES string of the molecule is C[SiH](COC(CC=O)c1ccccc1)C(C)(C)C. The molecule has 0 aliphatic rings. The van der Waals surface area contributed by atoms with Gasteiger partial charge in [0.05, 0.1) is 14.9 Å². The van der Waals surface area contributed by atoms with Gasteiger partial charge in [-0.3, -0.25) is 0 Å². The molecule has 0 spiro atoms. The van der Waals surface area contributed by atoms with Gasteiger partial charge in [0, 0.05) is 12.7 Å². The molecule has 0 saturated carbocycles. The summed E-state index contributed by atoms with van der Waals surface area (Å²) in [6.07, 6.45) is 2.12. The Hall–Kier alpha value is -0.933. The van der Waals surface area contributed by atoms with Crippen LogP contribution < -0.4 is 0 Å². The molecule has 0 bridgehead atoms. The molecule has 2 unspecified atom stereocenters. The minimum absolute atomic E-state index is 0.0824. The zero-order valence-corrected chi connectivity index (χ0v) is 13.0. The Bertz CT molecular complexity index is 357. The van der Waals surface area contributed by atoms with Crippen LogP contribution in [0.1, 0.15) is 38.9 Å². The predicted molar refractivity (Wildman–Crippen MR) is 78.5 cm³/mol. The fraction of sp³-hybridized carbons (Fsp3) is 0.533. The average molecular weight is 264 g/mol. The number of carbonyl (C=O) groups is 1. The number of hydrogen-bond acceptors (Lipinski definition) is 2. The topological polar surface area (TPSA) is 26.3 Å². The quantitative estimate of drug-likeness (QED) is 0.580. The van der Waals surface area contributed by atoms with Crippen LogP contribution in [0.5, 0.6) is 0 Å². The van der Waals surface area contributed by atoms with E-state index in [-0.39, 0.29) is 6.10 Å². The molecule has 0 radical (unpaired) electrons. The highest BCUT2D eigenvalue weighted by molar-refractivity contribution is 6.60. The Morgan fingerprint density at radius 1 is 1.28 bits per heavy atom. The number of ether oxygens (including phenoxy) is 1. The average Bonchev–Trinajstić information content (AvgIpc) is 2.34. The van der Waals surface area contributed by atoms with Crippen LogP contribution in [-0.2, 0) is 9.53 Å². The maximum absolute atomic E-state index is 10.8. The third kappa shape index (κ3) is 4.74. The van der Waals surface area contributed by atoms with E-state index in [1.165, 1.54) is 0 Å². The maximum Gasteiger partial charge on any atom is 0.122 e. The number of hydrogen-bond donors (Lipinski definition) is 0. The Kier molecular flexibility index (Phi) is 5.76. The van der Waals surface area contributed by atoms with Crippen molar-refractivity contribution in [2.45, 2.75) is 44.9 Å². The maximum atomic E-state index is 10.8. The summed E-state index contributed by atoms with van der Waals surface area (Å²) in [6.45, 7) is 9.13. The van der Waals surface area contributed by atoms with Crippen molar-refractivity contribution < 1.29 is 9.53 Å². The Labute approximate surface area is 112 Å². The van der Waals surface area contributed by atoms with Crippen LogP contribution in [0.25, 0.3) is 0 Å². The molecule has 0 N–H and O–H groups in total. The van der Waals surface area contributed by atoms with Gasteiger partial charge in [0.25, 0.3) is 0 Å². The molecule has 0 saturated heterocycles. The first-order valence-electron chi connectivity index (χ1n) is 6.55. The zero-order chi connectivity index (χ0) is 13.6. The van der Waals surface area contributed by atoms with Crippen molar-refractivity contribution in [1.82, 2.24) is 0 Å². The lowest BCUT2D eigenvalue weighted by atomic mass is 10.1. The molecule has 18 heavy (non-hydrogen) atoms. The third-order valence-corrected chi connectivity index (χ3v) is 7.16. The molecular weight excluding hydrogens is 240 g/mol. The van der Waals surface area contributed by atoms with Gasteiger partial charge >= 0.3 is 0 Å². The van der Waals surface area contributed by atoms with E-state index in [0.717, 1.165) is 18.1 Å². The highest BCUT2D eigenvalue weighted by atomic mass is 28.3. The van der Waals surface area contributed by atoms with Gasteiger partial charge in [-0.25, -0.2) is 0 Å². The van der Waals surface area contributed by atoms with Crippen molar-refractivity contribution in [3.05, 3.63) is 35.9 Å². The largest absolute Gasteiger partial charge is 0.377 e. The van der Waals surface area contributed by atoms with Crippen LogP contribution in [0.15, 0.2) is 30.3 Å². The van der Waals surface area contributed by atoms with E-state index >= 15 is 0 Å². The van der Waals surface area contributed by atoms with Crippen LogP contribution in [0.2, 0.25) is 11.6 Å². The van der Waals surface area contributed by atoms with Gasteiger partial charge in [-0.1, -0.05) is 57.7 Å². The van der Waals surface area contributed by atoms with E-state index in [1.807, 2.05) is 30.3 Å². The lowest BCUT2D eigenvalue weighted by Gasteiger charge is -2.27. The fourth-order valence-corrected chi connectivity index (χ4v) is 2.59. The Morgan fingerprint density at radius 3 is 2.39 bits per heavy atom. The molecule has 1 aromatic carbocycles. The molecule has 0 fully saturated rings. The molecule has 100 valence electrons. The molecule has 3 heteroatoms. The van der Waals surface area contributed by atoms with Crippen molar-refractivity contribution in [2.75, 3.05) is 6.23 Å². The summed E-state index contributed by atoms with van der Waals surface area (Å²) in [7, 11) is -0.933.